The van der Waals surface area contributed by atoms with Crippen LogP contribution in [0.25, 0.3) is 10.8 Å². The van der Waals surface area contributed by atoms with E-state index in [1.165, 1.54) is 26.8 Å². The first-order valence-electron chi connectivity index (χ1n) is 6.81. The van der Waals surface area contributed by atoms with Crippen LogP contribution in [0.4, 0.5) is 0 Å². The van der Waals surface area contributed by atoms with E-state index in [4.69, 9.17) is 0 Å². The molecule has 3 aromatic rings. The summed E-state index contributed by atoms with van der Waals surface area (Å²) >= 11 is 1.83. The monoisotopic (exact) mass is 279 g/mol. The Morgan fingerprint density at radius 3 is 2.30 bits per heavy atom. The molecule has 0 amide bonds. The van der Waals surface area contributed by atoms with Gasteiger partial charge in [-0.25, -0.2) is 0 Å². The number of aryl methyl sites for hydroxylation is 2. The molecule has 0 bridgehead atoms. The third-order valence-corrected chi connectivity index (χ3v) is 4.40. The van der Waals surface area contributed by atoms with Crippen LogP contribution in [0.1, 0.15) is 11.1 Å². The first kappa shape index (κ1) is 13.2. The Bertz CT molecular complexity index is 707. The van der Waals surface area contributed by atoms with Gasteiger partial charge in [0.15, 0.2) is 0 Å². The lowest BCUT2D eigenvalue weighted by atomic mass is 10.0. The third kappa shape index (κ3) is 2.86. The maximum atomic E-state index is 4.07. The highest BCUT2D eigenvalue weighted by molar-refractivity contribution is 7.98. The minimum Gasteiger partial charge on any atom is -0.265 e. The predicted octanol–water partition coefficient (Wildman–Crippen LogP) is 4.74. The Labute approximate surface area is 124 Å². The van der Waals surface area contributed by atoms with Crippen LogP contribution in [0.15, 0.2) is 65.8 Å². The van der Waals surface area contributed by atoms with Gasteiger partial charge in [-0.05, 0) is 59.2 Å². The molecule has 1 aromatic heterocycles. The van der Waals surface area contributed by atoms with E-state index >= 15 is 0 Å². The van der Waals surface area contributed by atoms with Crippen LogP contribution in [0, 0.1) is 0 Å². The lowest BCUT2D eigenvalue weighted by molar-refractivity contribution is 0.935. The van der Waals surface area contributed by atoms with Crippen LogP contribution in [0.3, 0.4) is 0 Å². The summed E-state index contributed by atoms with van der Waals surface area (Å²) in [5.41, 5.74) is 2.79. The zero-order chi connectivity index (χ0) is 13.8. The van der Waals surface area contributed by atoms with E-state index in [0.717, 1.165) is 12.8 Å². The molecule has 0 fully saturated rings. The summed E-state index contributed by atoms with van der Waals surface area (Å²) in [6.07, 6.45) is 8.02. The topological polar surface area (TPSA) is 12.9 Å². The third-order valence-electron chi connectivity index (χ3n) is 3.58. The Morgan fingerprint density at radius 2 is 1.60 bits per heavy atom. The van der Waals surface area contributed by atoms with Crippen LogP contribution in [0.2, 0.25) is 0 Å². The van der Waals surface area contributed by atoms with Gasteiger partial charge < -0.3 is 0 Å². The van der Waals surface area contributed by atoms with Crippen LogP contribution in [0.5, 0.6) is 0 Å². The fourth-order valence-electron chi connectivity index (χ4n) is 2.48. The van der Waals surface area contributed by atoms with Crippen molar-refractivity contribution in [3.63, 3.8) is 0 Å². The van der Waals surface area contributed by atoms with Crippen molar-refractivity contribution in [2.75, 3.05) is 6.26 Å². The molecule has 1 heterocycles. The van der Waals surface area contributed by atoms with Gasteiger partial charge in [0.1, 0.15) is 0 Å². The quantitative estimate of drug-likeness (QED) is 0.640. The standard InChI is InChI=1S/C18H17NS/c1-20-18-13-16-5-3-2-4-15(16)12-17(18)7-6-14-8-10-19-11-9-14/h2-5,8-13H,6-7H2,1H3. The summed E-state index contributed by atoms with van der Waals surface area (Å²) in [5.74, 6) is 0. The molecule has 2 heteroatoms. The lowest BCUT2D eigenvalue weighted by Crippen LogP contribution is -1.94. The molecule has 0 spiro atoms. The van der Waals surface area contributed by atoms with Crippen molar-refractivity contribution in [1.82, 2.24) is 4.98 Å². The minimum absolute atomic E-state index is 1.06. The van der Waals surface area contributed by atoms with Crippen LogP contribution < -0.4 is 0 Å². The van der Waals surface area contributed by atoms with Gasteiger partial charge in [-0.3, -0.25) is 4.98 Å². The number of pyridine rings is 1. The molecule has 0 N–H and O–H groups in total. The summed E-state index contributed by atoms with van der Waals surface area (Å²) in [5, 5.41) is 2.65. The average molecular weight is 279 g/mol. The number of hydrogen-bond donors (Lipinski definition) is 0. The zero-order valence-electron chi connectivity index (χ0n) is 11.5. The number of benzene rings is 2. The van der Waals surface area contributed by atoms with Gasteiger partial charge in [0, 0.05) is 17.3 Å². The maximum Gasteiger partial charge on any atom is 0.0270 e. The molecule has 100 valence electrons. The average Bonchev–Trinajstić information content (AvgIpc) is 2.53. The second kappa shape index (κ2) is 6.10. The normalized spacial score (nSPS) is 10.8. The maximum absolute atomic E-state index is 4.07. The summed E-state index contributed by atoms with van der Waals surface area (Å²) in [4.78, 5) is 5.46. The zero-order valence-corrected chi connectivity index (χ0v) is 12.4. The van der Waals surface area contributed by atoms with Crippen molar-refractivity contribution in [2.24, 2.45) is 0 Å². The molecule has 0 saturated heterocycles. The number of aromatic nitrogens is 1. The molecule has 0 atom stereocenters. The number of nitrogens with zero attached hydrogens (tertiary/aromatic N) is 1. The number of rotatable bonds is 4. The molecule has 0 unspecified atom stereocenters. The lowest BCUT2D eigenvalue weighted by Gasteiger charge is -2.10. The van der Waals surface area contributed by atoms with Crippen molar-refractivity contribution in [2.45, 2.75) is 17.7 Å². The van der Waals surface area contributed by atoms with Crippen LogP contribution in [-0.4, -0.2) is 11.2 Å². The second-order valence-corrected chi connectivity index (χ2v) is 5.71. The summed E-state index contributed by atoms with van der Waals surface area (Å²) < 4.78 is 0. The van der Waals surface area contributed by atoms with Gasteiger partial charge >= 0.3 is 0 Å². The van der Waals surface area contributed by atoms with Gasteiger partial charge in [0.25, 0.3) is 0 Å². The van der Waals surface area contributed by atoms with E-state index < -0.39 is 0 Å². The van der Waals surface area contributed by atoms with Crippen LogP contribution >= 0.6 is 11.8 Å². The van der Waals surface area contributed by atoms with E-state index in [0.29, 0.717) is 0 Å². The summed E-state index contributed by atoms with van der Waals surface area (Å²) in [6.45, 7) is 0. The molecule has 20 heavy (non-hydrogen) atoms. The molecular weight excluding hydrogens is 262 g/mol. The molecule has 1 nitrogen and oxygen atoms in total. The van der Waals surface area contributed by atoms with Crippen molar-refractivity contribution < 1.29 is 0 Å². The highest BCUT2D eigenvalue weighted by atomic mass is 32.2. The SMILES string of the molecule is CSc1cc2ccccc2cc1CCc1ccncc1. The van der Waals surface area contributed by atoms with Crippen molar-refractivity contribution in [1.29, 1.82) is 0 Å². The predicted molar refractivity (Wildman–Crippen MR) is 87.4 cm³/mol. The summed E-state index contributed by atoms with van der Waals surface area (Å²) in [7, 11) is 0. The molecule has 0 aliphatic heterocycles. The van der Waals surface area contributed by atoms with Gasteiger partial charge in [-0.1, -0.05) is 30.3 Å². The van der Waals surface area contributed by atoms with E-state index in [1.807, 2.05) is 24.2 Å². The summed E-state index contributed by atoms with van der Waals surface area (Å²) in [6, 6.07) is 17.4. The molecule has 3 rings (SSSR count). The van der Waals surface area contributed by atoms with E-state index in [2.05, 4.69) is 59.8 Å². The van der Waals surface area contributed by atoms with E-state index in [-0.39, 0.29) is 0 Å². The largest absolute Gasteiger partial charge is 0.265 e. The van der Waals surface area contributed by atoms with Gasteiger partial charge in [-0.15, -0.1) is 11.8 Å². The van der Waals surface area contributed by atoms with E-state index in [9.17, 15) is 0 Å². The number of thioether (sulfide) groups is 1. The fraction of sp³-hybridized carbons (Fsp3) is 0.167. The first-order chi connectivity index (χ1) is 9.86. The Morgan fingerprint density at radius 1 is 0.900 bits per heavy atom. The highest BCUT2D eigenvalue weighted by Crippen LogP contribution is 2.27. The van der Waals surface area contributed by atoms with Crippen molar-refractivity contribution in [3.05, 3.63) is 72.1 Å². The molecule has 0 saturated carbocycles. The molecule has 0 radical (unpaired) electrons. The number of hydrogen-bond acceptors (Lipinski definition) is 2. The first-order valence-corrected chi connectivity index (χ1v) is 8.04. The smallest absolute Gasteiger partial charge is 0.0270 e. The molecule has 0 aliphatic carbocycles. The van der Waals surface area contributed by atoms with E-state index in [1.54, 1.807) is 0 Å². The Hall–Kier alpha value is -1.80. The minimum atomic E-state index is 1.06. The van der Waals surface area contributed by atoms with Gasteiger partial charge in [0.2, 0.25) is 0 Å². The second-order valence-electron chi connectivity index (χ2n) is 4.87. The molecular formula is C18H17NS. The Kier molecular flexibility index (Phi) is 4.03. The van der Waals surface area contributed by atoms with Crippen molar-refractivity contribution in [3.8, 4) is 0 Å². The molecule has 2 aromatic carbocycles. The Balaban J connectivity index is 1.90. The highest BCUT2D eigenvalue weighted by Gasteiger charge is 2.05. The van der Waals surface area contributed by atoms with Gasteiger partial charge in [-0.2, -0.15) is 0 Å². The van der Waals surface area contributed by atoms with Gasteiger partial charge in [0.05, 0.1) is 0 Å². The fourth-order valence-corrected chi connectivity index (χ4v) is 3.15. The van der Waals surface area contributed by atoms with Crippen LogP contribution in [-0.2, 0) is 12.8 Å². The number of fused-ring (bicyclic) bond motifs is 1. The molecule has 0 aliphatic rings. The van der Waals surface area contributed by atoms with Crippen molar-refractivity contribution >= 4 is 22.5 Å².